The van der Waals surface area contributed by atoms with Crippen LogP contribution in [0.3, 0.4) is 0 Å². The fourth-order valence-corrected chi connectivity index (χ4v) is 3.83. The molecule has 1 aromatic rings. The molecule has 9 nitrogen and oxygen atoms in total. The monoisotopic (exact) mass is 420 g/mol. The first-order chi connectivity index (χ1) is 14.4. The van der Waals surface area contributed by atoms with Gasteiger partial charge in [0.05, 0.1) is 19.3 Å². The molecule has 0 unspecified atom stereocenters. The van der Waals surface area contributed by atoms with Crippen LogP contribution >= 0.6 is 0 Å². The number of aryl methyl sites for hydroxylation is 1. The Labute approximate surface area is 177 Å². The van der Waals surface area contributed by atoms with Gasteiger partial charge in [-0.05, 0) is 51.2 Å². The number of carbonyl (C=O) groups excluding carboxylic acids is 1. The number of carboxylic acid groups (broad SMARTS) is 1. The van der Waals surface area contributed by atoms with E-state index in [1.807, 2.05) is 30.9 Å². The van der Waals surface area contributed by atoms with Gasteiger partial charge in [0.1, 0.15) is 6.10 Å². The molecule has 1 aromatic heterocycles. The summed E-state index contributed by atoms with van der Waals surface area (Å²) in [5, 5.41) is 14.3. The molecule has 2 heterocycles. The summed E-state index contributed by atoms with van der Waals surface area (Å²) in [6, 6.07) is 3.95. The van der Waals surface area contributed by atoms with E-state index >= 15 is 0 Å². The van der Waals surface area contributed by atoms with Crippen LogP contribution in [0.5, 0.6) is 5.88 Å². The number of carbonyl (C=O) groups is 2. The molecule has 0 radical (unpaired) electrons. The van der Waals surface area contributed by atoms with E-state index in [-0.39, 0.29) is 24.1 Å². The van der Waals surface area contributed by atoms with Gasteiger partial charge in [-0.1, -0.05) is 0 Å². The molecule has 166 valence electrons. The summed E-state index contributed by atoms with van der Waals surface area (Å²) in [6.45, 7) is 5.64. The average molecular weight is 421 g/mol. The maximum atomic E-state index is 13.3. The number of hydrogen-bond acceptors (Lipinski definition) is 6. The number of rotatable bonds is 9. The zero-order valence-corrected chi connectivity index (χ0v) is 17.9. The maximum absolute atomic E-state index is 13.3. The third-order valence-corrected chi connectivity index (χ3v) is 5.50. The predicted octanol–water partition coefficient (Wildman–Crippen LogP) is 1.72. The van der Waals surface area contributed by atoms with Crippen LogP contribution in [0.2, 0.25) is 0 Å². The molecule has 0 spiro atoms. The van der Waals surface area contributed by atoms with Gasteiger partial charge in [-0.25, -0.2) is 9.78 Å². The Hall–Kier alpha value is -2.39. The van der Waals surface area contributed by atoms with Gasteiger partial charge in [0.15, 0.2) is 0 Å². The number of nitrogens with zero attached hydrogens (tertiary/aromatic N) is 2. The molecule has 2 amide bonds. The van der Waals surface area contributed by atoms with Gasteiger partial charge in [-0.3, -0.25) is 4.79 Å². The molecule has 1 saturated heterocycles. The highest BCUT2D eigenvalue weighted by atomic mass is 16.5. The van der Waals surface area contributed by atoms with E-state index < -0.39 is 12.2 Å². The summed E-state index contributed by atoms with van der Waals surface area (Å²) >= 11 is 0. The van der Waals surface area contributed by atoms with Gasteiger partial charge < -0.3 is 30.1 Å². The van der Waals surface area contributed by atoms with Crippen molar-refractivity contribution in [2.24, 2.45) is 0 Å². The van der Waals surface area contributed by atoms with Crippen LogP contribution < -0.4 is 15.4 Å². The second-order valence-corrected chi connectivity index (χ2v) is 8.02. The van der Waals surface area contributed by atoms with E-state index in [4.69, 9.17) is 14.6 Å². The van der Waals surface area contributed by atoms with Crippen LogP contribution in [0.1, 0.15) is 50.4 Å². The number of hydrogen-bond donors (Lipinski definition) is 3. The van der Waals surface area contributed by atoms with E-state index in [0.717, 1.165) is 30.6 Å². The second-order valence-electron chi connectivity index (χ2n) is 8.02. The third-order valence-electron chi connectivity index (χ3n) is 5.50. The Kier molecular flexibility index (Phi) is 7.49. The SMILES string of the molecule is COc1cc([C@@H](C)N(C(=O)[C@H]2CNC[C@@H](C)O2)C2CC2)cc(CCCNC(=O)O)n1. The van der Waals surface area contributed by atoms with Crippen LogP contribution in [-0.2, 0) is 16.0 Å². The van der Waals surface area contributed by atoms with Crippen molar-refractivity contribution < 1.29 is 24.2 Å². The summed E-state index contributed by atoms with van der Waals surface area (Å²) in [4.78, 5) is 30.4. The minimum atomic E-state index is -1.03. The predicted molar refractivity (Wildman–Crippen MR) is 111 cm³/mol. The summed E-state index contributed by atoms with van der Waals surface area (Å²) in [5.74, 6) is 0.514. The first kappa shape index (κ1) is 22.3. The number of methoxy groups -OCH3 is 1. The van der Waals surface area contributed by atoms with E-state index in [0.29, 0.717) is 31.8 Å². The molecule has 1 aliphatic carbocycles. The number of morpholine rings is 1. The summed E-state index contributed by atoms with van der Waals surface area (Å²) in [5.41, 5.74) is 1.77. The van der Waals surface area contributed by atoms with Gasteiger partial charge in [0.25, 0.3) is 5.91 Å². The standard InChI is InChI=1S/C21H32N4O5/c1-13-11-22-12-18(30-13)20(26)25(17-6-7-17)14(2)15-9-16(24-19(10-15)29-3)5-4-8-23-21(27)28/h9-10,13-14,17-18,22-23H,4-8,11-12H2,1-3H3,(H,27,28)/t13-,14-,18-/m1/s1. The van der Waals surface area contributed by atoms with Crippen LogP contribution in [0.15, 0.2) is 12.1 Å². The Morgan fingerprint density at radius 3 is 2.80 bits per heavy atom. The summed E-state index contributed by atoms with van der Waals surface area (Å²) < 4.78 is 11.3. The second kappa shape index (κ2) is 10.1. The molecule has 9 heteroatoms. The van der Waals surface area contributed by atoms with Crippen molar-refractivity contribution >= 4 is 12.0 Å². The highest BCUT2D eigenvalue weighted by molar-refractivity contribution is 5.82. The first-order valence-corrected chi connectivity index (χ1v) is 10.6. The van der Waals surface area contributed by atoms with E-state index in [9.17, 15) is 9.59 Å². The van der Waals surface area contributed by atoms with Crippen LogP contribution in [0.25, 0.3) is 0 Å². The van der Waals surface area contributed by atoms with Crippen LogP contribution in [0, 0.1) is 0 Å². The largest absolute Gasteiger partial charge is 0.481 e. The molecule has 0 bridgehead atoms. The highest BCUT2D eigenvalue weighted by Gasteiger charge is 2.40. The fourth-order valence-electron chi connectivity index (χ4n) is 3.83. The summed E-state index contributed by atoms with van der Waals surface area (Å²) in [7, 11) is 1.57. The molecule has 30 heavy (non-hydrogen) atoms. The molecule has 3 rings (SSSR count). The van der Waals surface area contributed by atoms with Crippen molar-refractivity contribution in [3.05, 3.63) is 23.4 Å². The van der Waals surface area contributed by atoms with Crippen molar-refractivity contribution in [2.75, 3.05) is 26.7 Å². The van der Waals surface area contributed by atoms with Gasteiger partial charge in [0, 0.05) is 37.4 Å². The van der Waals surface area contributed by atoms with Gasteiger partial charge in [-0.2, -0.15) is 0 Å². The lowest BCUT2D eigenvalue weighted by Gasteiger charge is -2.36. The Morgan fingerprint density at radius 2 is 2.17 bits per heavy atom. The van der Waals surface area contributed by atoms with E-state index in [1.54, 1.807) is 7.11 Å². The smallest absolute Gasteiger partial charge is 0.404 e. The van der Waals surface area contributed by atoms with Gasteiger partial charge in [0.2, 0.25) is 5.88 Å². The van der Waals surface area contributed by atoms with Crippen molar-refractivity contribution in [3.8, 4) is 5.88 Å². The van der Waals surface area contributed by atoms with E-state index in [2.05, 4.69) is 15.6 Å². The molecule has 1 saturated carbocycles. The van der Waals surface area contributed by atoms with Gasteiger partial charge >= 0.3 is 6.09 Å². The Bertz CT molecular complexity index is 755. The van der Waals surface area contributed by atoms with Crippen molar-refractivity contribution in [1.29, 1.82) is 0 Å². The lowest BCUT2D eigenvalue weighted by atomic mass is 10.0. The quantitative estimate of drug-likeness (QED) is 0.521. The molecular formula is C21H32N4O5. The highest BCUT2D eigenvalue weighted by Crippen LogP contribution is 2.36. The van der Waals surface area contributed by atoms with E-state index in [1.165, 1.54) is 0 Å². The zero-order valence-electron chi connectivity index (χ0n) is 17.9. The van der Waals surface area contributed by atoms with Crippen molar-refractivity contribution in [3.63, 3.8) is 0 Å². The van der Waals surface area contributed by atoms with Crippen molar-refractivity contribution in [2.45, 2.75) is 63.8 Å². The average Bonchev–Trinajstić information content (AvgIpc) is 3.56. The number of amides is 2. The Morgan fingerprint density at radius 1 is 1.40 bits per heavy atom. The minimum absolute atomic E-state index is 0.0103. The molecule has 3 N–H and O–H groups in total. The maximum Gasteiger partial charge on any atom is 0.404 e. The van der Waals surface area contributed by atoms with Crippen LogP contribution in [-0.4, -0.2) is 72.0 Å². The molecular weight excluding hydrogens is 388 g/mol. The number of nitrogens with one attached hydrogen (secondary N) is 2. The van der Waals surface area contributed by atoms with Gasteiger partial charge in [-0.15, -0.1) is 0 Å². The molecule has 2 aliphatic rings. The third kappa shape index (κ3) is 5.82. The number of pyridine rings is 1. The topological polar surface area (TPSA) is 113 Å². The molecule has 1 aliphatic heterocycles. The number of aromatic nitrogens is 1. The lowest BCUT2D eigenvalue weighted by molar-refractivity contribution is -0.152. The summed E-state index contributed by atoms with van der Waals surface area (Å²) in [6.07, 6.45) is 1.75. The fraction of sp³-hybridized carbons (Fsp3) is 0.667. The molecule has 0 aromatic carbocycles. The van der Waals surface area contributed by atoms with Crippen molar-refractivity contribution in [1.82, 2.24) is 20.5 Å². The molecule has 3 atom stereocenters. The van der Waals surface area contributed by atoms with Crippen LogP contribution in [0.4, 0.5) is 4.79 Å². The first-order valence-electron chi connectivity index (χ1n) is 10.6. The Balaban J connectivity index is 1.75. The normalized spacial score (nSPS) is 22.2. The zero-order chi connectivity index (χ0) is 21.7. The lowest BCUT2D eigenvalue weighted by Crippen LogP contribution is -2.52. The number of ether oxygens (including phenoxy) is 2. The molecule has 2 fully saturated rings. The minimum Gasteiger partial charge on any atom is -0.481 e.